The number of halogens is 1. The molecule has 0 unspecified atom stereocenters. The minimum Gasteiger partial charge on any atom is -0.371 e. The van der Waals surface area contributed by atoms with Gasteiger partial charge in [-0.15, -0.1) is 0 Å². The average Bonchev–Trinajstić information content (AvgIpc) is 2.29. The smallest absolute Gasteiger partial charge is 0.245 e. The Morgan fingerprint density at radius 1 is 1.25 bits per heavy atom. The third-order valence-corrected chi connectivity index (χ3v) is 5.74. The second-order valence-corrected chi connectivity index (χ2v) is 6.90. The van der Waals surface area contributed by atoms with E-state index >= 15 is 0 Å². The van der Waals surface area contributed by atoms with E-state index in [0.29, 0.717) is 13.1 Å². The highest BCUT2D eigenvalue weighted by Gasteiger charge is 2.28. The molecule has 1 aliphatic rings. The maximum Gasteiger partial charge on any atom is 0.245 e. The molecule has 0 radical (unpaired) electrons. The SMILES string of the molecule is CN1CCN(S(=O)(=O)CBr)c2ccccc21. The summed E-state index contributed by atoms with van der Waals surface area (Å²) in [7, 11) is -1.27. The highest BCUT2D eigenvalue weighted by atomic mass is 79.9. The van der Waals surface area contributed by atoms with Crippen LogP contribution in [-0.2, 0) is 10.0 Å². The van der Waals surface area contributed by atoms with Gasteiger partial charge in [0.05, 0.1) is 17.9 Å². The van der Waals surface area contributed by atoms with Gasteiger partial charge >= 0.3 is 0 Å². The minimum atomic E-state index is -3.23. The van der Waals surface area contributed by atoms with Crippen LogP contribution in [0.3, 0.4) is 0 Å². The first-order chi connectivity index (χ1) is 7.56. The first kappa shape index (κ1) is 11.7. The molecule has 0 fully saturated rings. The second-order valence-electron chi connectivity index (χ2n) is 3.70. The Morgan fingerprint density at radius 3 is 2.50 bits per heavy atom. The normalized spacial score (nSPS) is 16.1. The maximum atomic E-state index is 11.9. The van der Waals surface area contributed by atoms with Crippen molar-refractivity contribution in [3.05, 3.63) is 24.3 Å². The van der Waals surface area contributed by atoms with E-state index in [4.69, 9.17) is 0 Å². The number of hydrogen-bond donors (Lipinski definition) is 0. The number of alkyl halides is 1. The van der Waals surface area contributed by atoms with Crippen molar-refractivity contribution < 1.29 is 8.42 Å². The van der Waals surface area contributed by atoms with Gasteiger partial charge in [0.2, 0.25) is 10.0 Å². The Kier molecular flexibility index (Phi) is 3.12. The highest BCUT2D eigenvalue weighted by molar-refractivity contribution is 9.10. The molecule has 0 aromatic heterocycles. The zero-order valence-corrected chi connectivity index (χ0v) is 11.3. The molecule has 2 rings (SSSR count). The summed E-state index contributed by atoms with van der Waals surface area (Å²) in [6.07, 6.45) is 0. The molecule has 0 bridgehead atoms. The Balaban J connectivity index is 2.51. The zero-order chi connectivity index (χ0) is 11.8. The van der Waals surface area contributed by atoms with Gasteiger partial charge in [0.15, 0.2) is 0 Å². The van der Waals surface area contributed by atoms with E-state index in [1.54, 1.807) is 0 Å². The van der Waals surface area contributed by atoms with Gasteiger partial charge in [-0.25, -0.2) is 8.42 Å². The van der Waals surface area contributed by atoms with Gasteiger partial charge in [0.25, 0.3) is 0 Å². The second kappa shape index (κ2) is 4.25. The fraction of sp³-hybridized carbons (Fsp3) is 0.400. The van der Waals surface area contributed by atoms with Crippen molar-refractivity contribution in [2.75, 3.05) is 34.0 Å². The molecule has 16 heavy (non-hydrogen) atoms. The topological polar surface area (TPSA) is 40.6 Å². The lowest BCUT2D eigenvalue weighted by molar-refractivity contribution is 0.594. The molecule has 1 heterocycles. The van der Waals surface area contributed by atoms with E-state index in [9.17, 15) is 8.42 Å². The van der Waals surface area contributed by atoms with Crippen LogP contribution in [0.1, 0.15) is 0 Å². The van der Waals surface area contributed by atoms with Crippen LogP contribution in [0, 0.1) is 0 Å². The van der Waals surface area contributed by atoms with E-state index in [1.165, 1.54) is 4.31 Å². The van der Waals surface area contributed by atoms with Gasteiger partial charge in [0.1, 0.15) is 4.66 Å². The van der Waals surface area contributed by atoms with Crippen molar-refractivity contribution in [1.82, 2.24) is 0 Å². The Morgan fingerprint density at radius 2 is 1.88 bits per heavy atom. The molecule has 0 amide bonds. The van der Waals surface area contributed by atoms with Crippen LogP contribution in [-0.4, -0.2) is 33.2 Å². The van der Waals surface area contributed by atoms with Gasteiger partial charge in [-0.05, 0) is 12.1 Å². The maximum absolute atomic E-state index is 11.9. The lowest BCUT2D eigenvalue weighted by Gasteiger charge is -2.35. The molecule has 1 aliphatic heterocycles. The molecule has 4 nitrogen and oxygen atoms in total. The Hall–Kier alpha value is -0.750. The van der Waals surface area contributed by atoms with Crippen LogP contribution in [0.5, 0.6) is 0 Å². The molecule has 88 valence electrons. The van der Waals surface area contributed by atoms with E-state index in [1.807, 2.05) is 31.3 Å². The predicted molar refractivity (Wildman–Crippen MR) is 69.8 cm³/mol. The lowest BCUT2D eigenvalue weighted by atomic mass is 10.2. The van der Waals surface area contributed by atoms with Gasteiger partial charge in [-0.1, -0.05) is 28.1 Å². The van der Waals surface area contributed by atoms with Crippen LogP contribution in [0.4, 0.5) is 11.4 Å². The van der Waals surface area contributed by atoms with E-state index < -0.39 is 10.0 Å². The molecule has 0 saturated carbocycles. The first-order valence-electron chi connectivity index (χ1n) is 4.93. The summed E-state index contributed by atoms with van der Waals surface area (Å²) in [5.41, 5.74) is 1.72. The number of anilines is 2. The quantitative estimate of drug-likeness (QED) is 0.780. The first-order valence-corrected chi connectivity index (χ1v) is 7.66. The van der Waals surface area contributed by atoms with Gasteiger partial charge in [0, 0.05) is 13.6 Å². The molecule has 0 atom stereocenters. The van der Waals surface area contributed by atoms with Gasteiger partial charge in [-0.3, -0.25) is 4.31 Å². The number of benzene rings is 1. The van der Waals surface area contributed by atoms with Crippen molar-refractivity contribution in [1.29, 1.82) is 0 Å². The third-order valence-electron chi connectivity index (χ3n) is 2.67. The monoisotopic (exact) mass is 304 g/mol. The molecule has 1 aromatic carbocycles. The van der Waals surface area contributed by atoms with Crippen molar-refractivity contribution in [2.45, 2.75) is 0 Å². The number of likely N-dealkylation sites (N-methyl/N-ethyl adjacent to an activating group) is 1. The molecular weight excluding hydrogens is 292 g/mol. The standard InChI is InChI=1S/C10H13BrN2O2S/c1-12-6-7-13(16(14,15)8-11)10-5-3-2-4-9(10)12/h2-5H,6-8H2,1H3. The number of sulfonamides is 1. The van der Waals surface area contributed by atoms with E-state index in [2.05, 4.69) is 20.8 Å². The van der Waals surface area contributed by atoms with Gasteiger partial charge < -0.3 is 4.90 Å². The highest BCUT2D eigenvalue weighted by Crippen LogP contribution is 2.33. The van der Waals surface area contributed by atoms with Crippen molar-refractivity contribution >= 4 is 37.3 Å². The van der Waals surface area contributed by atoms with E-state index in [0.717, 1.165) is 11.4 Å². The molecule has 0 spiro atoms. The largest absolute Gasteiger partial charge is 0.371 e. The molecule has 1 aromatic rings. The van der Waals surface area contributed by atoms with Crippen LogP contribution in [0.15, 0.2) is 24.3 Å². The number of para-hydroxylation sites is 2. The minimum absolute atomic E-state index is 0.0436. The summed E-state index contributed by atoms with van der Waals surface area (Å²) >= 11 is 3.03. The van der Waals surface area contributed by atoms with Crippen LogP contribution < -0.4 is 9.21 Å². The van der Waals surface area contributed by atoms with Crippen LogP contribution in [0.25, 0.3) is 0 Å². The predicted octanol–water partition coefficient (Wildman–Crippen LogP) is 1.63. The lowest BCUT2D eigenvalue weighted by Crippen LogP contribution is -2.42. The number of rotatable bonds is 2. The van der Waals surface area contributed by atoms with Crippen LogP contribution in [0.2, 0.25) is 0 Å². The van der Waals surface area contributed by atoms with Crippen molar-refractivity contribution in [3.63, 3.8) is 0 Å². The molecule has 0 N–H and O–H groups in total. The summed E-state index contributed by atoms with van der Waals surface area (Å²) in [6, 6.07) is 7.55. The number of nitrogens with zero attached hydrogens (tertiary/aromatic N) is 2. The summed E-state index contributed by atoms with van der Waals surface area (Å²) in [5, 5.41) is 0. The Bertz CT molecular complexity index is 489. The summed E-state index contributed by atoms with van der Waals surface area (Å²) in [4.78, 5) is 2.07. The number of hydrogen-bond acceptors (Lipinski definition) is 3. The third kappa shape index (κ3) is 1.91. The Labute approximate surface area is 104 Å². The molecule has 6 heteroatoms. The molecular formula is C10H13BrN2O2S. The van der Waals surface area contributed by atoms with Crippen LogP contribution >= 0.6 is 15.9 Å². The molecule has 0 saturated heterocycles. The number of fused-ring (bicyclic) bond motifs is 1. The summed E-state index contributed by atoms with van der Waals surface area (Å²) in [6.45, 7) is 1.21. The zero-order valence-electron chi connectivity index (χ0n) is 8.93. The van der Waals surface area contributed by atoms with Crippen molar-refractivity contribution in [3.8, 4) is 0 Å². The summed E-state index contributed by atoms with van der Waals surface area (Å²) < 4.78 is 25.2. The summed E-state index contributed by atoms with van der Waals surface area (Å²) in [5.74, 6) is 0. The fourth-order valence-corrected chi connectivity index (χ4v) is 3.50. The fourth-order valence-electron chi connectivity index (χ4n) is 1.83. The molecule has 0 aliphatic carbocycles. The van der Waals surface area contributed by atoms with E-state index in [-0.39, 0.29) is 4.66 Å². The van der Waals surface area contributed by atoms with Gasteiger partial charge in [-0.2, -0.15) is 0 Å². The van der Waals surface area contributed by atoms with Crippen molar-refractivity contribution in [2.24, 2.45) is 0 Å². The average molecular weight is 305 g/mol.